The zero-order valence-corrected chi connectivity index (χ0v) is 26.3. The molecule has 10 heteroatoms. The normalized spacial score (nSPS) is 21.4. The molecular weight excluding hydrogens is 566 g/mol. The quantitative estimate of drug-likeness (QED) is 0.397. The van der Waals surface area contributed by atoms with Crippen LogP contribution in [0.4, 0.5) is 10.5 Å². The molecule has 2 aromatic carbocycles. The van der Waals surface area contributed by atoms with Crippen LogP contribution >= 0.6 is 0 Å². The van der Waals surface area contributed by atoms with Gasteiger partial charge in [-0.3, -0.25) is 14.7 Å². The highest BCUT2D eigenvalue weighted by Crippen LogP contribution is 2.44. The molecule has 5 heterocycles. The van der Waals surface area contributed by atoms with Crippen LogP contribution in [0, 0.1) is 6.92 Å². The Balaban J connectivity index is 1.05. The Morgan fingerprint density at radius 1 is 1.00 bits per heavy atom. The highest BCUT2D eigenvalue weighted by atomic mass is 16.2. The fourth-order valence-corrected chi connectivity index (χ4v) is 8.30. The molecule has 1 spiro atoms. The molecule has 45 heavy (non-hydrogen) atoms. The zero-order valence-electron chi connectivity index (χ0n) is 26.3. The summed E-state index contributed by atoms with van der Waals surface area (Å²) in [5, 5.41) is 14.4. The van der Waals surface area contributed by atoms with Gasteiger partial charge in [0.05, 0.1) is 11.7 Å². The third kappa shape index (κ3) is 6.04. The number of likely N-dealkylation sites (tertiary alicyclic amines) is 3. The van der Waals surface area contributed by atoms with Gasteiger partial charge in [-0.2, -0.15) is 5.10 Å². The van der Waals surface area contributed by atoms with Crippen molar-refractivity contribution in [1.82, 2.24) is 30.2 Å². The molecule has 1 aromatic heterocycles. The molecule has 0 saturated carbocycles. The number of benzene rings is 2. The van der Waals surface area contributed by atoms with Crippen molar-refractivity contribution in [3.8, 4) is 0 Å². The van der Waals surface area contributed by atoms with Crippen LogP contribution in [0.25, 0.3) is 10.9 Å². The van der Waals surface area contributed by atoms with E-state index in [-0.39, 0.29) is 23.3 Å². The zero-order chi connectivity index (χ0) is 31.0. The molecule has 4 aliphatic heterocycles. The minimum absolute atomic E-state index is 0.00301. The Morgan fingerprint density at radius 3 is 2.53 bits per heavy atom. The van der Waals surface area contributed by atoms with Crippen molar-refractivity contribution < 1.29 is 14.4 Å². The van der Waals surface area contributed by atoms with Crippen LogP contribution in [0.3, 0.4) is 0 Å². The Morgan fingerprint density at radius 2 is 1.76 bits per heavy atom. The topological polar surface area (TPSA) is 114 Å². The molecule has 4 amide bonds. The van der Waals surface area contributed by atoms with Gasteiger partial charge in [0.25, 0.3) is 0 Å². The number of carbonyl (C=O) groups is 3. The third-order valence-electron chi connectivity index (χ3n) is 10.8. The molecule has 3 aromatic rings. The van der Waals surface area contributed by atoms with Crippen molar-refractivity contribution in [1.29, 1.82) is 0 Å². The molecular formula is C35H45N7O3. The monoisotopic (exact) mass is 611 g/mol. The van der Waals surface area contributed by atoms with E-state index >= 15 is 0 Å². The lowest BCUT2D eigenvalue weighted by molar-refractivity contribution is -0.135. The average molecular weight is 612 g/mol. The number of amides is 4. The molecule has 238 valence electrons. The molecule has 0 bridgehead atoms. The number of urea groups is 1. The number of fused-ring (bicyclic) bond motifs is 3. The fraction of sp³-hybridized carbons (Fsp3) is 0.543. The summed E-state index contributed by atoms with van der Waals surface area (Å²) in [5.74, 6) is 0.0305. The first kappa shape index (κ1) is 29.8. The van der Waals surface area contributed by atoms with Crippen molar-refractivity contribution >= 4 is 34.4 Å². The van der Waals surface area contributed by atoms with Gasteiger partial charge in [0.15, 0.2) is 0 Å². The summed E-state index contributed by atoms with van der Waals surface area (Å²) in [7, 11) is 0. The number of aromatic amines is 1. The van der Waals surface area contributed by atoms with Gasteiger partial charge in [-0.1, -0.05) is 30.7 Å². The standard InChI is InChI=1S/C35H45N7O3/c1-24-19-25(20-26-23-36-39-32(24)26)21-30(33(44)41-15-9-27(10-16-41)40-13-5-2-6-14-40)38-34(45)42-17-11-35(12-18-42)22-31(43)37-29-8-4-3-7-28(29)35/h3-4,7-8,19-20,23,27,30H,2,5-6,9-18,21-22H2,1H3,(H,36,39)(H,37,43)(H,38,45). The third-order valence-corrected chi connectivity index (χ3v) is 10.8. The summed E-state index contributed by atoms with van der Waals surface area (Å²) in [4.78, 5) is 47.0. The number of aryl methyl sites for hydroxylation is 1. The van der Waals surface area contributed by atoms with Crippen molar-refractivity contribution in [3.05, 3.63) is 59.3 Å². The van der Waals surface area contributed by atoms with Gasteiger partial charge in [0, 0.05) is 61.6 Å². The van der Waals surface area contributed by atoms with Crippen molar-refractivity contribution in [3.63, 3.8) is 0 Å². The van der Waals surface area contributed by atoms with Crippen LogP contribution in [0.1, 0.15) is 68.1 Å². The summed E-state index contributed by atoms with van der Waals surface area (Å²) in [6.07, 6.45) is 9.91. The van der Waals surface area contributed by atoms with Crippen molar-refractivity contribution in [2.24, 2.45) is 0 Å². The number of aromatic nitrogens is 2. The second-order valence-electron chi connectivity index (χ2n) is 13.6. The molecule has 7 rings (SSSR count). The van der Waals surface area contributed by atoms with Gasteiger partial charge < -0.3 is 25.3 Å². The average Bonchev–Trinajstić information content (AvgIpc) is 3.54. The van der Waals surface area contributed by atoms with E-state index in [1.165, 1.54) is 32.4 Å². The number of anilines is 1. The van der Waals surface area contributed by atoms with Crippen LogP contribution in [-0.2, 0) is 21.4 Å². The number of nitrogens with zero attached hydrogens (tertiary/aromatic N) is 4. The van der Waals surface area contributed by atoms with Crippen molar-refractivity contribution in [2.45, 2.75) is 82.2 Å². The number of rotatable bonds is 5. The summed E-state index contributed by atoms with van der Waals surface area (Å²) >= 11 is 0. The van der Waals surface area contributed by atoms with Crippen LogP contribution in [0.2, 0.25) is 0 Å². The molecule has 1 atom stereocenters. The molecule has 10 nitrogen and oxygen atoms in total. The summed E-state index contributed by atoms with van der Waals surface area (Å²) in [6, 6.07) is 11.9. The smallest absolute Gasteiger partial charge is 0.318 e. The number of carbonyl (C=O) groups excluding carboxylic acids is 3. The second-order valence-corrected chi connectivity index (χ2v) is 13.6. The van der Waals surface area contributed by atoms with E-state index < -0.39 is 6.04 Å². The molecule has 3 saturated heterocycles. The van der Waals surface area contributed by atoms with Crippen LogP contribution in [-0.4, -0.2) is 94.1 Å². The summed E-state index contributed by atoms with van der Waals surface area (Å²) in [6.45, 7) is 6.89. The Bertz CT molecular complexity index is 1560. The fourth-order valence-electron chi connectivity index (χ4n) is 8.30. The largest absolute Gasteiger partial charge is 0.341 e. The first-order valence-corrected chi connectivity index (χ1v) is 16.8. The van der Waals surface area contributed by atoms with Gasteiger partial charge >= 0.3 is 6.03 Å². The van der Waals surface area contributed by atoms with Gasteiger partial charge in [-0.25, -0.2) is 4.79 Å². The van der Waals surface area contributed by atoms with Crippen LogP contribution < -0.4 is 10.6 Å². The maximum Gasteiger partial charge on any atom is 0.318 e. The highest BCUT2D eigenvalue weighted by molar-refractivity contribution is 5.95. The van der Waals surface area contributed by atoms with E-state index in [1.54, 1.807) is 6.20 Å². The van der Waals surface area contributed by atoms with Gasteiger partial charge in [0.2, 0.25) is 11.8 Å². The first-order valence-electron chi connectivity index (χ1n) is 16.8. The SMILES string of the molecule is Cc1cc(CC(NC(=O)N2CCC3(CC2)CC(=O)Nc2ccccc23)C(=O)N2CCC(N3CCCCC3)CC2)cc2cn[nH]c12. The Hall–Kier alpha value is -3.92. The van der Waals surface area contributed by atoms with Gasteiger partial charge in [-0.05, 0) is 87.4 Å². The molecule has 0 radical (unpaired) electrons. The molecule has 1 unspecified atom stereocenters. The summed E-state index contributed by atoms with van der Waals surface area (Å²) in [5.41, 5.74) is 4.84. The van der Waals surface area contributed by atoms with Crippen molar-refractivity contribution in [2.75, 3.05) is 44.6 Å². The minimum atomic E-state index is -0.662. The lowest BCUT2D eigenvalue weighted by Crippen LogP contribution is -2.57. The van der Waals surface area contributed by atoms with E-state index in [9.17, 15) is 14.4 Å². The first-order chi connectivity index (χ1) is 21.9. The lowest BCUT2D eigenvalue weighted by Gasteiger charge is -2.45. The number of para-hydroxylation sites is 1. The van der Waals surface area contributed by atoms with E-state index in [1.807, 2.05) is 34.9 Å². The number of H-pyrrole nitrogens is 1. The molecule has 3 N–H and O–H groups in total. The Kier molecular flexibility index (Phi) is 8.25. The molecule has 4 aliphatic rings. The molecule has 0 aliphatic carbocycles. The minimum Gasteiger partial charge on any atom is -0.341 e. The number of hydrogen-bond acceptors (Lipinski definition) is 5. The van der Waals surface area contributed by atoms with Gasteiger partial charge in [-0.15, -0.1) is 0 Å². The number of nitrogens with one attached hydrogen (secondary N) is 3. The number of piperidine rings is 3. The predicted molar refractivity (Wildman–Crippen MR) is 174 cm³/mol. The number of hydrogen-bond donors (Lipinski definition) is 3. The van der Waals surface area contributed by atoms with Gasteiger partial charge in [0.1, 0.15) is 6.04 Å². The van der Waals surface area contributed by atoms with Crippen LogP contribution in [0.15, 0.2) is 42.6 Å². The maximum atomic E-state index is 14.1. The second kappa shape index (κ2) is 12.5. The van der Waals surface area contributed by atoms with E-state index in [4.69, 9.17) is 0 Å². The summed E-state index contributed by atoms with van der Waals surface area (Å²) < 4.78 is 0. The Labute approximate surface area is 264 Å². The lowest BCUT2D eigenvalue weighted by atomic mass is 9.68. The predicted octanol–water partition coefficient (Wildman–Crippen LogP) is 4.34. The van der Waals surface area contributed by atoms with E-state index in [0.29, 0.717) is 44.8 Å². The molecule has 3 fully saturated rings. The van der Waals surface area contributed by atoms with Crippen LogP contribution in [0.5, 0.6) is 0 Å². The maximum absolute atomic E-state index is 14.1. The highest BCUT2D eigenvalue weighted by Gasteiger charge is 2.43. The van der Waals surface area contributed by atoms with E-state index in [0.717, 1.165) is 59.2 Å². The van der Waals surface area contributed by atoms with E-state index in [2.05, 4.69) is 43.9 Å².